The molecule has 2 heterocycles. The molecule has 0 radical (unpaired) electrons. The third-order valence-corrected chi connectivity index (χ3v) is 3.24. The first kappa shape index (κ1) is 16.2. The number of anilines is 1. The molecule has 0 aliphatic rings. The number of nitrogens with one attached hydrogen (secondary N) is 1. The molecule has 0 spiro atoms. The quantitative estimate of drug-likeness (QED) is 0.740. The van der Waals surface area contributed by atoms with E-state index in [1.165, 1.54) is 6.33 Å². The Morgan fingerprint density at radius 2 is 2.18 bits per heavy atom. The van der Waals surface area contributed by atoms with Crippen LogP contribution in [-0.4, -0.2) is 32.7 Å². The Kier molecular flexibility index (Phi) is 6.57. The van der Waals surface area contributed by atoms with Gasteiger partial charge < -0.3 is 15.2 Å². The van der Waals surface area contributed by atoms with Crippen LogP contribution in [0.3, 0.4) is 0 Å². The van der Waals surface area contributed by atoms with Crippen LogP contribution < -0.4 is 10.1 Å². The maximum absolute atomic E-state index is 9.15. The molecule has 6 heteroatoms. The summed E-state index contributed by atoms with van der Waals surface area (Å²) >= 11 is 0. The van der Waals surface area contributed by atoms with Crippen LogP contribution in [0.1, 0.15) is 31.9 Å². The molecule has 2 N–H and O–H groups in total. The highest BCUT2D eigenvalue weighted by Crippen LogP contribution is 2.23. The molecule has 0 aliphatic heterocycles. The first-order valence-corrected chi connectivity index (χ1v) is 7.53. The Labute approximate surface area is 130 Å². The van der Waals surface area contributed by atoms with Crippen molar-refractivity contribution in [2.75, 3.05) is 11.9 Å². The van der Waals surface area contributed by atoms with E-state index in [-0.39, 0.29) is 12.6 Å². The minimum absolute atomic E-state index is 0.146. The molecule has 22 heavy (non-hydrogen) atoms. The van der Waals surface area contributed by atoms with Gasteiger partial charge in [-0.3, -0.25) is 4.98 Å². The molecule has 1 atom stereocenters. The highest BCUT2D eigenvalue weighted by Gasteiger charge is 2.12. The molecule has 0 aromatic carbocycles. The maximum Gasteiger partial charge on any atom is 0.180 e. The summed E-state index contributed by atoms with van der Waals surface area (Å²) in [5.41, 5.74) is 0.845. The van der Waals surface area contributed by atoms with Gasteiger partial charge >= 0.3 is 0 Å². The van der Waals surface area contributed by atoms with Crippen LogP contribution in [0.5, 0.6) is 5.75 Å². The first-order chi connectivity index (χ1) is 10.8. The second-order valence-electron chi connectivity index (χ2n) is 4.99. The third-order valence-electron chi connectivity index (χ3n) is 3.24. The van der Waals surface area contributed by atoms with Crippen LogP contribution >= 0.6 is 0 Å². The fraction of sp³-hybridized carbons (Fsp3) is 0.438. The lowest BCUT2D eigenvalue weighted by Gasteiger charge is -2.19. The third kappa shape index (κ3) is 4.96. The van der Waals surface area contributed by atoms with Crippen molar-refractivity contribution < 1.29 is 9.84 Å². The van der Waals surface area contributed by atoms with Crippen molar-refractivity contribution in [1.82, 2.24) is 15.0 Å². The number of hydrogen-bond acceptors (Lipinski definition) is 6. The number of aliphatic hydroxyl groups excluding tert-OH is 1. The van der Waals surface area contributed by atoms with Gasteiger partial charge in [-0.1, -0.05) is 19.4 Å². The average molecular weight is 302 g/mol. The number of ether oxygens (including phenoxy) is 1. The Hall–Kier alpha value is -2.21. The van der Waals surface area contributed by atoms with Crippen molar-refractivity contribution in [3.05, 3.63) is 42.6 Å². The topological polar surface area (TPSA) is 80.2 Å². The van der Waals surface area contributed by atoms with E-state index in [1.807, 2.05) is 18.2 Å². The first-order valence-electron chi connectivity index (χ1n) is 7.53. The van der Waals surface area contributed by atoms with Crippen LogP contribution in [0, 0.1) is 0 Å². The number of aliphatic hydroxyl groups is 1. The van der Waals surface area contributed by atoms with Crippen LogP contribution in [0.25, 0.3) is 0 Å². The van der Waals surface area contributed by atoms with Crippen LogP contribution in [-0.2, 0) is 6.61 Å². The summed E-state index contributed by atoms with van der Waals surface area (Å²) in [7, 11) is 0. The zero-order chi connectivity index (χ0) is 15.6. The van der Waals surface area contributed by atoms with E-state index >= 15 is 0 Å². The van der Waals surface area contributed by atoms with E-state index in [2.05, 4.69) is 27.2 Å². The fourth-order valence-electron chi connectivity index (χ4n) is 2.15. The molecule has 2 aromatic rings. The smallest absolute Gasteiger partial charge is 0.180 e. The van der Waals surface area contributed by atoms with Crippen molar-refractivity contribution in [2.45, 2.75) is 38.8 Å². The van der Waals surface area contributed by atoms with Crippen molar-refractivity contribution in [3.63, 3.8) is 0 Å². The minimum Gasteiger partial charge on any atom is -0.482 e. The number of hydrogen-bond donors (Lipinski definition) is 2. The molecule has 0 bridgehead atoms. The lowest BCUT2D eigenvalue weighted by molar-refractivity contribution is 0.275. The zero-order valence-electron chi connectivity index (χ0n) is 12.8. The second-order valence-corrected chi connectivity index (χ2v) is 4.99. The zero-order valence-corrected chi connectivity index (χ0v) is 12.8. The van der Waals surface area contributed by atoms with Gasteiger partial charge in [-0.15, -0.1) is 0 Å². The Morgan fingerprint density at radius 3 is 2.91 bits per heavy atom. The summed E-state index contributed by atoms with van der Waals surface area (Å²) in [5, 5.41) is 12.5. The number of nitrogens with zero attached hydrogens (tertiary/aromatic N) is 3. The SMILES string of the molecule is CCC[C@@H](CCO)Nc1ncncc1OCc1ccccn1. The van der Waals surface area contributed by atoms with E-state index in [4.69, 9.17) is 9.84 Å². The standard InChI is InChI=1S/C16H22N4O2/c1-2-5-13(7-9-21)20-16-15(10-17-12-19-16)22-11-14-6-3-4-8-18-14/h3-4,6,8,10,12-13,21H,2,5,7,9,11H2,1H3,(H,17,19,20)/t13-/m0/s1. The van der Waals surface area contributed by atoms with Gasteiger partial charge in [0.2, 0.25) is 0 Å². The molecule has 0 saturated carbocycles. The van der Waals surface area contributed by atoms with Crippen LogP contribution in [0.15, 0.2) is 36.9 Å². The van der Waals surface area contributed by atoms with E-state index in [1.54, 1.807) is 12.4 Å². The second kappa shape index (κ2) is 8.94. The summed E-state index contributed by atoms with van der Waals surface area (Å²) in [6.07, 6.45) is 7.53. The highest BCUT2D eigenvalue weighted by molar-refractivity contribution is 5.48. The van der Waals surface area contributed by atoms with Gasteiger partial charge in [-0.2, -0.15) is 0 Å². The van der Waals surface area contributed by atoms with Crippen molar-refractivity contribution >= 4 is 5.82 Å². The molecule has 0 fully saturated rings. The monoisotopic (exact) mass is 302 g/mol. The van der Waals surface area contributed by atoms with Gasteiger partial charge in [-0.05, 0) is 25.0 Å². The molecular formula is C16H22N4O2. The molecule has 2 aromatic heterocycles. The molecule has 2 rings (SSSR count). The molecule has 0 unspecified atom stereocenters. The summed E-state index contributed by atoms with van der Waals surface area (Å²) < 4.78 is 5.77. The fourth-order valence-corrected chi connectivity index (χ4v) is 2.15. The van der Waals surface area contributed by atoms with E-state index in [0.717, 1.165) is 18.5 Å². The molecule has 0 saturated heterocycles. The van der Waals surface area contributed by atoms with Gasteiger partial charge in [0.15, 0.2) is 11.6 Å². The predicted octanol–water partition coefficient (Wildman–Crippen LogP) is 2.41. The highest BCUT2D eigenvalue weighted by atomic mass is 16.5. The van der Waals surface area contributed by atoms with Crippen LogP contribution in [0.4, 0.5) is 5.82 Å². The van der Waals surface area contributed by atoms with Crippen molar-refractivity contribution in [1.29, 1.82) is 0 Å². The molecule has 118 valence electrons. The normalized spacial score (nSPS) is 11.9. The van der Waals surface area contributed by atoms with E-state index < -0.39 is 0 Å². The molecule has 0 aliphatic carbocycles. The Morgan fingerprint density at radius 1 is 1.27 bits per heavy atom. The summed E-state index contributed by atoms with van der Waals surface area (Å²) in [5.74, 6) is 1.24. The van der Waals surface area contributed by atoms with Gasteiger partial charge in [0.25, 0.3) is 0 Å². The number of rotatable bonds is 9. The number of pyridine rings is 1. The van der Waals surface area contributed by atoms with Gasteiger partial charge in [-0.25, -0.2) is 9.97 Å². The Bertz CT molecular complexity index is 545. The lowest BCUT2D eigenvalue weighted by atomic mass is 10.1. The molecule has 0 amide bonds. The Balaban J connectivity index is 2.02. The summed E-state index contributed by atoms with van der Waals surface area (Å²) in [4.78, 5) is 12.5. The molecule has 6 nitrogen and oxygen atoms in total. The lowest BCUT2D eigenvalue weighted by Crippen LogP contribution is -2.22. The molecular weight excluding hydrogens is 280 g/mol. The van der Waals surface area contributed by atoms with E-state index in [0.29, 0.717) is 24.6 Å². The average Bonchev–Trinajstić information content (AvgIpc) is 2.55. The van der Waals surface area contributed by atoms with E-state index in [9.17, 15) is 0 Å². The van der Waals surface area contributed by atoms with Crippen molar-refractivity contribution in [2.24, 2.45) is 0 Å². The van der Waals surface area contributed by atoms with Gasteiger partial charge in [0, 0.05) is 18.8 Å². The van der Waals surface area contributed by atoms with Crippen molar-refractivity contribution in [3.8, 4) is 5.75 Å². The maximum atomic E-state index is 9.15. The predicted molar refractivity (Wildman–Crippen MR) is 84.6 cm³/mol. The summed E-state index contributed by atoms with van der Waals surface area (Å²) in [6, 6.07) is 5.86. The van der Waals surface area contributed by atoms with Crippen LogP contribution in [0.2, 0.25) is 0 Å². The largest absolute Gasteiger partial charge is 0.482 e. The van der Waals surface area contributed by atoms with Gasteiger partial charge in [0.05, 0.1) is 11.9 Å². The summed E-state index contributed by atoms with van der Waals surface area (Å²) in [6.45, 7) is 2.62. The minimum atomic E-state index is 0.146. The number of aromatic nitrogens is 3. The van der Waals surface area contributed by atoms with Gasteiger partial charge in [0.1, 0.15) is 12.9 Å².